The number of carbonyl (C=O) groups excluding carboxylic acids is 3. The van der Waals surface area contributed by atoms with Crippen molar-refractivity contribution in [3.8, 4) is 0 Å². The Balaban J connectivity index is 1.93. The van der Waals surface area contributed by atoms with Gasteiger partial charge in [-0.2, -0.15) is 0 Å². The molecule has 0 aliphatic heterocycles. The molecule has 192 valence electrons. The number of carbonyl (C=O) groups is 3. The molecule has 0 bridgehead atoms. The molecular weight excluding hydrogens is 444 g/mol. The second-order valence-corrected chi connectivity index (χ2v) is 9.38. The lowest BCUT2D eigenvalue weighted by atomic mass is 9.94. The molecule has 1 saturated carbocycles. The summed E-state index contributed by atoms with van der Waals surface area (Å²) in [6.45, 7) is 7.34. The maximum atomic E-state index is 13.2. The molecule has 1 fully saturated rings. The van der Waals surface area contributed by atoms with Gasteiger partial charge in [0.15, 0.2) is 0 Å². The summed E-state index contributed by atoms with van der Waals surface area (Å²) in [5.74, 6) is -1.41. The predicted molar refractivity (Wildman–Crippen MR) is 136 cm³/mol. The monoisotopic (exact) mass is 484 g/mol. The number of unbranched alkanes of at least 4 members (excludes halogenated alkanes) is 1. The summed E-state index contributed by atoms with van der Waals surface area (Å²) >= 11 is 0. The van der Waals surface area contributed by atoms with Crippen LogP contribution >= 0.6 is 0 Å². The fourth-order valence-electron chi connectivity index (χ4n) is 4.46. The number of benzene rings is 1. The Bertz CT molecular complexity index is 833. The summed E-state index contributed by atoms with van der Waals surface area (Å²) in [6, 6.07) is 9.18. The zero-order valence-corrected chi connectivity index (χ0v) is 20.7. The highest BCUT2D eigenvalue weighted by Crippen LogP contribution is 2.31. The molecule has 1 aliphatic rings. The minimum atomic E-state index is -0.595. The van der Waals surface area contributed by atoms with Gasteiger partial charge in [0.25, 0.3) is 0 Å². The number of ether oxygens (including phenoxy) is 1. The average molecular weight is 485 g/mol. The lowest BCUT2D eigenvalue weighted by Gasteiger charge is -2.31. The van der Waals surface area contributed by atoms with E-state index in [1.807, 2.05) is 30.3 Å². The van der Waals surface area contributed by atoms with Crippen LogP contribution in [-0.2, 0) is 25.5 Å². The van der Waals surface area contributed by atoms with Crippen molar-refractivity contribution in [1.82, 2.24) is 10.6 Å². The highest BCUT2D eigenvalue weighted by Gasteiger charge is 2.38. The third kappa shape index (κ3) is 10.1. The van der Waals surface area contributed by atoms with Crippen molar-refractivity contribution in [2.75, 3.05) is 13.2 Å². The summed E-state index contributed by atoms with van der Waals surface area (Å²) in [4.78, 5) is 38.0. The van der Waals surface area contributed by atoms with E-state index in [4.69, 9.17) is 4.74 Å². The van der Waals surface area contributed by atoms with Crippen LogP contribution in [0.25, 0.3) is 0 Å². The summed E-state index contributed by atoms with van der Waals surface area (Å²) in [5, 5.41) is 15.7. The first-order chi connectivity index (χ1) is 16.9. The fourth-order valence-corrected chi connectivity index (χ4v) is 4.46. The van der Waals surface area contributed by atoms with Gasteiger partial charge >= 0.3 is 5.97 Å². The molecule has 2 amide bonds. The van der Waals surface area contributed by atoms with Crippen LogP contribution in [-0.4, -0.2) is 47.7 Å². The van der Waals surface area contributed by atoms with Crippen molar-refractivity contribution in [2.24, 2.45) is 5.92 Å². The second-order valence-electron chi connectivity index (χ2n) is 9.38. The van der Waals surface area contributed by atoms with Gasteiger partial charge in [0, 0.05) is 12.8 Å². The standard InChI is InChI=1S/C28H40N2O5/c1-3-5-7-15-26(33)35-21-28(16-10-11-17-28)30-27(34)23(12-4-2)19-25(32)29-24(20-31)18-22-13-8-6-9-14-22/h3-4,6,8-9,13-14,23-24,31H,1-2,5,7,10-12,15-21H2,(H,29,32)(H,30,34)/t23-,24-/m1/s1. The van der Waals surface area contributed by atoms with E-state index in [1.54, 1.807) is 12.2 Å². The van der Waals surface area contributed by atoms with Crippen LogP contribution in [0.15, 0.2) is 55.6 Å². The van der Waals surface area contributed by atoms with Crippen LogP contribution in [0.3, 0.4) is 0 Å². The minimum Gasteiger partial charge on any atom is -0.463 e. The number of aliphatic hydroxyl groups is 1. The lowest BCUT2D eigenvalue weighted by Crippen LogP contribution is -2.52. The first kappa shape index (κ1) is 28.3. The number of aliphatic hydroxyl groups excluding tert-OH is 1. The Kier molecular flexibility index (Phi) is 12.2. The molecule has 7 nitrogen and oxygen atoms in total. The van der Waals surface area contributed by atoms with Gasteiger partial charge < -0.3 is 20.5 Å². The third-order valence-electron chi connectivity index (χ3n) is 6.41. The van der Waals surface area contributed by atoms with Crippen LogP contribution in [0.5, 0.6) is 0 Å². The summed E-state index contributed by atoms with van der Waals surface area (Å²) in [6.07, 6.45) is 9.36. The molecule has 1 aromatic carbocycles. The summed E-state index contributed by atoms with van der Waals surface area (Å²) in [7, 11) is 0. The molecule has 0 heterocycles. The van der Waals surface area contributed by atoms with Crippen LogP contribution in [0, 0.1) is 5.92 Å². The predicted octanol–water partition coefficient (Wildman–Crippen LogP) is 3.62. The number of hydrogen-bond donors (Lipinski definition) is 3. The molecule has 0 aromatic heterocycles. The maximum Gasteiger partial charge on any atom is 0.305 e. The Morgan fingerprint density at radius 1 is 1.11 bits per heavy atom. The summed E-state index contributed by atoms with van der Waals surface area (Å²) in [5.41, 5.74) is 0.414. The number of esters is 1. The van der Waals surface area contributed by atoms with Crippen LogP contribution < -0.4 is 10.6 Å². The highest BCUT2D eigenvalue weighted by molar-refractivity contribution is 5.86. The van der Waals surface area contributed by atoms with Crippen molar-refractivity contribution < 1.29 is 24.2 Å². The number of hydrogen-bond acceptors (Lipinski definition) is 5. The molecule has 0 radical (unpaired) electrons. The van der Waals surface area contributed by atoms with E-state index in [0.717, 1.165) is 37.7 Å². The largest absolute Gasteiger partial charge is 0.463 e. The first-order valence-electron chi connectivity index (χ1n) is 12.5. The molecule has 0 unspecified atom stereocenters. The van der Waals surface area contributed by atoms with Crippen LogP contribution in [0.2, 0.25) is 0 Å². The molecule has 35 heavy (non-hydrogen) atoms. The van der Waals surface area contributed by atoms with Gasteiger partial charge in [0.05, 0.1) is 24.1 Å². The van der Waals surface area contributed by atoms with E-state index in [2.05, 4.69) is 23.8 Å². The molecule has 0 spiro atoms. The van der Waals surface area contributed by atoms with Crippen molar-refractivity contribution in [2.45, 2.75) is 75.8 Å². The normalized spacial score (nSPS) is 16.0. The number of rotatable bonds is 16. The molecule has 0 saturated heterocycles. The quantitative estimate of drug-likeness (QED) is 0.189. The summed E-state index contributed by atoms with van der Waals surface area (Å²) < 4.78 is 5.51. The Hall–Kier alpha value is -2.93. The number of nitrogens with one attached hydrogen (secondary N) is 2. The van der Waals surface area contributed by atoms with E-state index < -0.39 is 17.5 Å². The average Bonchev–Trinajstić information content (AvgIpc) is 3.31. The number of amides is 2. The highest BCUT2D eigenvalue weighted by atomic mass is 16.5. The first-order valence-corrected chi connectivity index (χ1v) is 12.5. The van der Waals surface area contributed by atoms with Gasteiger partial charge in [-0.1, -0.05) is 55.3 Å². The van der Waals surface area contributed by atoms with Crippen molar-refractivity contribution in [3.63, 3.8) is 0 Å². The van der Waals surface area contributed by atoms with Gasteiger partial charge in [-0.15, -0.1) is 13.2 Å². The molecular formula is C28H40N2O5. The van der Waals surface area contributed by atoms with E-state index in [1.165, 1.54) is 0 Å². The lowest BCUT2D eigenvalue weighted by molar-refractivity contribution is -0.147. The smallest absolute Gasteiger partial charge is 0.305 e. The Morgan fingerprint density at radius 2 is 1.83 bits per heavy atom. The zero-order valence-electron chi connectivity index (χ0n) is 20.7. The van der Waals surface area contributed by atoms with Gasteiger partial charge in [-0.05, 0) is 44.1 Å². The Labute approximate surface area is 209 Å². The second kappa shape index (κ2) is 15.1. The molecule has 2 rings (SSSR count). The fraction of sp³-hybridized carbons (Fsp3) is 0.536. The van der Waals surface area contributed by atoms with Gasteiger partial charge in [0.1, 0.15) is 6.61 Å². The molecule has 1 aromatic rings. The van der Waals surface area contributed by atoms with Gasteiger partial charge in [-0.25, -0.2) is 0 Å². The van der Waals surface area contributed by atoms with Crippen molar-refractivity contribution >= 4 is 17.8 Å². The molecule has 7 heteroatoms. The van der Waals surface area contributed by atoms with Crippen LogP contribution in [0.4, 0.5) is 0 Å². The van der Waals surface area contributed by atoms with Crippen LogP contribution in [0.1, 0.15) is 63.4 Å². The molecule has 2 atom stereocenters. The van der Waals surface area contributed by atoms with Crippen molar-refractivity contribution in [3.05, 3.63) is 61.2 Å². The maximum absolute atomic E-state index is 13.2. The van der Waals surface area contributed by atoms with Gasteiger partial charge in [0.2, 0.25) is 11.8 Å². The van der Waals surface area contributed by atoms with E-state index in [0.29, 0.717) is 25.7 Å². The minimum absolute atomic E-state index is 0.0133. The molecule has 1 aliphatic carbocycles. The topological polar surface area (TPSA) is 105 Å². The zero-order chi connectivity index (χ0) is 25.5. The third-order valence-corrected chi connectivity index (χ3v) is 6.41. The van der Waals surface area contributed by atoms with Crippen molar-refractivity contribution in [1.29, 1.82) is 0 Å². The molecule has 3 N–H and O–H groups in total. The van der Waals surface area contributed by atoms with E-state index in [-0.39, 0.29) is 37.4 Å². The van der Waals surface area contributed by atoms with Gasteiger partial charge in [-0.3, -0.25) is 14.4 Å². The van der Waals surface area contributed by atoms with E-state index in [9.17, 15) is 19.5 Å². The SMILES string of the molecule is C=CCCCC(=O)OCC1(NC(=O)[C@H](CC=C)CC(=O)N[C@@H](CO)Cc2ccccc2)CCCC1. The Morgan fingerprint density at radius 3 is 2.46 bits per heavy atom. The number of allylic oxidation sites excluding steroid dienone is 2. The van der Waals surface area contributed by atoms with E-state index >= 15 is 0 Å².